The topological polar surface area (TPSA) is 95.6 Å². The summed E-state index contributed by atoms with van der Waals surface area (Å²) >= 11 is 0. The molecule has 0 spiro atoms. The van der Waals surface area contributed by atoms with E-state index in [1.807, 2.05) is 0 Å². The number of piperazine rings is 1. The van der Waals surface area contributed by atoms with Gasteiger partial charge in [-0.1, -0.05) is 13.0 Å². The minimum absolute atomic E-state index is 0.0390. The first-order chi connectivity index (χ1) is 12.4. The first-order valence-corrected chi connectivity index (χ1v) is 10.5. The van der Waals surface area contributed by atoms with Crippen LogP contribution in [0.3, 0.4) is 0 Å². The van der Waals surface area contributed by atoms with Gasteiger partial charge in [0.2, 0.25) is 15.9 Å². The van der Waals surface area contributed by atoms with E-state index in [0.29, 0.717) is 18.0 Å². The molecule has 2 fully saturated rings. The second kappa shape index (κ2) is 7.75. The summed E-state index contributed by atoms with van der Waals surface area (Å²) in [5.74, 6) is 0.122. The molecule has 1 heterocycles. The van der Waals surface area contributed by atoms with Crippen molar-refractivity contribution in [2.75, 3.05) is 19.6 Å². The molecule has 1 aliphatic heterocycles. The quantitative estimate of drug-likeness (QED) is 0.819. The number of amides is 2. The molecule has 2 N–H and O–H groups in total. The highest BCUT2D eigenvalue weighted by atomic mass is 32.2. The number of carbonyl (C=O) groups is 2. The van der Waals surface area contributed by atoms with Crippen molar-refractivity contribution in [3.8, 4) is 0 Å². The lowest BCUT2D eigenvalue weighted by Crippen LogP contribution is -2.49. The summed E-state index contributed by atoms with van der Waals surface area (Å²) in [7, 11) is -3.80. The third-order valence-electron chi connectivity index (χ3n) is 5.09. The van der Waals surface area contributed by atoms with E-state index in [0.717, 1.165) is 30.0 Å². The van der Waals surface area contributed by atoms with Crippen LogP contribution in [0, 0.1) is 5.92 Å². The Morgan fingerprint density at radius 1 is 1.23 bits per heavy atom. The zero-order valence-corrected chi connectivity index (χ0v) is 15.7. The molecular weight excluding hydrogens is 354 g/mol. The van der Waals surface area contributed by atoms with Gasteiger partial charge < -0.3 is 10.6 Å². The number of carbonyl (C=O) groups excluding carboxylic acids is 2. The van der Waals surface area contributed by atoms with Gasteiger partial charge in [-0.25, -0.2) is 8.42 Å². The van der Waals surface area contributed by atoms with E-state index in [9.17, 15) is 18.0 Å². The van der Waals surface area contributed by atoms with Crippen LogP contribution in [0.2, 0.25) is 0 Å². The molecule has 0 bridgehead atoms. The lowest BCUT2D eigenvalue weighted by Gasteiger charge is -2.27. The molecule has 1 saturated carbocycles. The highest BCUT2D eigenvalue weighted by molar-refractivity contribution is 7.89. The Bertz CT molecular complexity index is 785. The van der Waals surface area contributed by atoms with E-state index in [-0.39, 0.29) is 35.8 Å². The predicted molar refractivity (Wildman–Crippen MR) is 97.1 cm³/mol. The number of nitrogens with zero attached hydrogens (tertiary/aromatic N) is 1. The highest BCUT2D eigenvalue weighted by Gasteiger charge is 2.29. The summed E-state index contributed by atoms with van der Waals surface area (Å²) in [5, 5.41) is 5.61. The van der Waals surface area contributed by atoms with Crippen LogP contribution in [-0.2, 0) is 14.8 Å². The fraction of sp³-hybridized carbons (Fsp3) is 0.556. The van der Waals surface area contributed by atoms with E-state index in [2.05, 4.69) is 17.6 Å². The molecule has 2 amide bonds. The summed E-state index contributed by atoms with van der Waals surface area (Å²) in [6.07, 6.45) is 4.09. The van der Waals surface area contributed by atoms with Gasteiger partial charge in [-0.3, -0.25) is 9.59 Å². The van der Waals surface area contributed by atoms with Crippen LogP contribution in [0.25, 0.3) is 0 Å². The minimum atomic E-state index is -3.80. The Balaban J connectivity index is 1.73. The van der Waals surface area contributed by atoms with Gasteiger partial charge in [0.1, 0.15) is 0 Å². The number of nitrogens with one attached hydrogen (secondary N) is 2. The molecule has 0 unspecified atom stereocenters. The van der Waals surface area contributed by atoms with Gasteiger partial charge in [-0.15, -0.1) is 0 Å². The van der Waals surface area contributed by atoms with Crippen molar-refractivity contribution in [3.63, 3.8) is 0 Å². The fourth-order valence-electron chi connectivity index (χ4n) is 3.44. The lowest BCUT2D eigenvalue weighted by molar-refractivity contribution is -0.122. The van der Waals surface area contributed by atoms with Crippen molar-refractivity contribution in [1.82, 2.24) is 14.9 Å². The van der Waals surface area contributed by atoms with Crippen LogP contribution in [0.15, 0.2) is 29.2 Å². The summed E-state index contributed by atoms with van der Waals surface area (Å²) in [4.78, 5) is 24.0. The van der Waals surface area contributed by atoms with Gasteiger partial charge in [-0.05, 0) is 49.8 Å². The molecule has 7 nitrogen and oxygen atoms in total. The van der Waals surface area contributed by atoms with Gasteiger partial charge in [0.15, 0.2) is 0 Å². The third kappa shape index (κ3) is 4.24. The van der Waals surface area contributed by atoms with Crippen LogP contribution >= 0.6 is 0 Å². The van der Waals surface area contributed by atoms with Crippen LogP contribution < -0.4 is 10.6 Å². The maximum atomic E-state index is 12.7. The van der Waals surface area contributed by atoms with Crippen LogP contribution in [-0.4, -0.2) is 50.2 Å². The van der Waals surface area contributed by atoms with Crippen molar-refractivity contribution in [2.24, 2.45) is 5.92 Å². The van der Waals surface area contributed by atoms with Gasteiger partial charge >= 0.3 is 0 Å². The molecule has 26 heavy (non-hydrogen) atoms. The fourth-order valence-corrected chi connectivity index (χ4v) is 4.88. The summed E-state index contributed by atoms with van der Waals surface area (Å²) in [6, 6.07) is 6.17. The van der Waals surface area contributed by atoms with E-state index >= 15 is 0 Å². The molecule has 1 aromatic carbocycles. The van der Waals surface area contributed by atoms with Crippen molar-refractivity contribution in [3.05, 3.63) is 29.8 Å². The summed E-state index contributed by atoms with van der Waals surface area (Å²) in [6.45, 7) is 2.54. The van der Waals surface area contributed by atoms with Gasteiger partial charge in [0.25, 0.3) is 5.91 Å². The van der Waals surface area contributed by atoms with Crippen LogP contribution in [0.5, 0.6) is 0 Å². The molecule has 1 aromatic rings. The summed E-state index contributed by atoms with van der Waals surface area (Å²) in [5.41, 5.74) is 0.325. The monoisotopic (exact) mass is 379 g/mol. The first-order valence-electron chi connectivity index (χ1n) is 9.04. The van der Waals surface area contributed by atoms with Crippen molar-refractivity contribution in [2.45, 2.75) is 43.5 Å². The molecule has 1 aliphatic carbocycles. The van der Waals surface area contributed by atoms with E-state index in [1.54, 1.807) is 12.1 Å². The van der Waals surface area contributed by atoms with E-state index < -0.39 is 10.0 Å². The maximum absolute atomic E-state index is 12.7. The van der Waals surface area contributed by atoms with Crippen LogP contribution in [0.4, 0.5) is 0 Å². The van der Waals surface area contributed by atoms with Gasteiger partial charge in [0, 0.05) is 24.7 Å². The number of rotatable bonds is 4. The Morgan fingerprint density at radius 3 is 2.65 bits per heavy atom. The standard InChI is InChI=1S/C18H25N3O4S/c1-13-5-7-15(8-6-13)20-18(23)14-3-2-4-16(11-14)26(24,25)21-10-9-19-17(22)12-21/h2-4,11,13,15H,5-10,12H2,1H3,(H,19,22)(H,20,23). The second-order valence-corrected chi connectivity index (χ2v) is 9.08. The minimum Gasteiger partial charge on any atom is -0.354 e. The molecular formula is C18H25N3O4S. The molecule has 0 aromatic heterocycles. The number of sulfonamides is 1. The van der Waals surface area contributed by atoms with Crippen molar-refractivity contribution < 1.29 is 18.0 Å². The van der Waals surface area contributed by atoms with Crippen LogP contribution in [0.1, 0.15) is 43.0 Å². The molecule has 3 rings (SSSR count). The van der Waals surface area contributed by atoms with Gasteiger partial charge in [0.05, 0.1) is 11.4 Å². The second-order valence-electron chi connectivity index (χ2n) is 7.15. The van der Waals surface area contributed by atoms with E-state index in [1.165, 1.54) is 12.1 Å². The zero-order chi connectivity index (χ0) is 18.7. The zero-order valence-electron chi connectivity index (χ0n) is 14.9. The largest absolute Gasteiger partial charge is 0.354 e. The van der Waals surface area contributed by atoms with Crippen molar-refractivity contribution >= 4 is 21.8 Å². The average molecular weight is 379 g/mol. The number of hydrogen-bond acceptors (Lipinski definition) is 4. The molecule has 0 radical (unpaired) electrons. The third-order valence-corrected chi connectivity index (χ3v) is 6.93. The Morgan fingerprint density at radius 2 is 1.96 bits per heavy atom. The molecule has 2 aliphatic rings. The lowest BCUT2D eigenvalue weighted by atomic mass is 9.87. The molecule has 0 atom stereocenters. The first kappa shape index (κ1) is 18.8. The smallest absolute Gasteiger partial charge is 0.251 e. The molecule has 1 saturated heterocycles. The molecule has 8 heteroatoms. The highest BCUT2D eigenvalue weighted by Crippen LogP contribution is 2.24. The molecule has 142 valence electrons. The Hall–Kier alpha value is -1.93. The number of hydrogen-bond donors (Lipinski definition) is 2. The van der Waals surface area contributed by atoms with Gasteiger partial charge in [-0.2, -0.15) is 4.31 Å². The Kier molecular flexibility index (Phi) is 5.62. The average Bonchev–Trinajstić information content (AvgIpc) is 2.63. The van der Waals surface area contributed by atoms with Crippen molar-refractivity contribution in [1.29, 1.82) is 0 Å². The number of benzene rings is 1. The maximum Gasteiger partial charge on any atom is 0.251 e. The predicted octanol–water partition coefficient (Wildman–Crippen LogP) is 1.12. The normalized spacial score (nSPS) is 24.7. The SMILES string of the molecule is CC1CCC(NC(=O)c2cccc(S(=O)(=O)N3CCNC(=O)C3)c2)CC1. The summed E-state index contributed by atoms with van der Waals surface area (Å²) < 4.78 is 26.6. The Labute approximate surface area is 154 Å². The van der Waals surface area contributed by atoms with E-state index in [4.69, 9.17) is 0 Å².